The molecule has 24 heavy (non-hydrogen) atoms. The third kappa shape index (κ3) is 3.16. The van der Waals surface area contributed by atoms with Crippen LogP contribution in [0.5, 0.6) is 0 Å². The summed E-state index contributed by atoms with van der Waals surface area (Å²) >= 11 is 0. The first-order chi connectivity index (χ1) is 11.5. The maximum absolute atomic E-state index is 14.3. The summed E-state index contributed by atoms with van der Waals surface area (Å²) < 4.78 is 28.6. The van der Waals surface area contributed by atoms with E-state index < -0.39 is 17.0 Å². The van der Waals surface area contributed by atoms with E-state index in [1.807, 2.05) is 13.0 Å². The molecule has 1 aromatic heterocycles. The molecule has 0 bridgehead atoms. The van der Waals surface area contributed by atoms with Gasteiger partial charge in [-0.1, -0.05) is 25.0 Å². The fraction of sp³-hybridized carbons (Fsp3) is 0.368. The molecule has 1 fully saturated rings. The van der Waals surface area contributed by atoms with Gasteiger partial charge in [-0.05, 0) is 44.0 Å². The summed E-state index contributed by atoms with van der Waals surface area (Å²) in [5.74, 6) is -1.40. The van der Waals surface area contributed by atoms with E-state index in [0.717, 1.165) is 18.5 Å². The molecule has 3 rings (SSSR count). The number of nitrogens with one attached hydrogen (secondary N) is 1. The number of hydrogen-bond donors (Lipinski definition) is 1. The molecule has 1 heterocycles. The summed E-state index contributed by atoms with van der Waals surface area (Å²) in [5, 5.41) is 2.83. The minimum absolute atomic E-state index is 0.0972. The van der Waals surface area contributed by atoms with E-state index in [0.29, 0.717) is 18.5 Å². The van der Waals surface area contributed by atoms with Gasteiger partial charge in [-0.15, -0.1) is 0 Å². The number of halogens is 2. The van der Waals surface area contributed by atoms with Crippen LogP contribution in [-0.4, -0.2) is 17.4 Å². The first-order valence-electron chi connectivity index (χ1n) is 8.18. The highest BCUT2D eigenvalue weighted by Crippen LogP contribution is 2.42. The van der Waals surface area contributed by atoms with Crippen molar-refractivity contribution in [3.05, 3.63) is 65.0 Å². The van der Waals surface area contributed by atoms with Crippen LogP contribution in [-0.2, 0) is 5.41 Å². The Labute approximate surface area is 140 Å². The molecule has 0 radical (unpaired) electrons. The van der Waals surface area contributed by atoms with Crippen molar-refractivity contribution in [1.29, 1.82) is 0 Å². The third-order valence-electron chi connectivity index (χ3n) is 4.76. The number of aromatic nitrogens is 1. The molecule has 0 aliphatic heterocycles. The van der Waals surface area contributed by atoms with Gasteiger partial charge in [0.05, 0.1) is 0 Å². The Morgan fingerprint density at radius 3 is 2.38 bits per heavy atom. The summed E-state index contributed by atoms with van der Waals surface area (Å²) in [6, 6.07) is 9.13. The van der Waals surface area contributed by atoms with E-state index in [-0.39, 0.29) is 18.0 Å². The van der Waals surface area contributed by atoms with Crippen LogP contribution < -0.4 is 5.32 Å². The Kier molecular flexibility index (Phi) is 4.60. The van der Waals surface area contributed by atoms with Gasteiger partial charge in [0.15, 0.2) is 0 Å². The average Bonchev–Trinajstić information content (AvgIpc) is 3.02. The highest BCUT2D eigenvalue weighted by Gasteiger charge is 2.40. The van der Waals surface area contributed by atoms with E-state index in [1.54, 1.807) is 12.1 Å². The Morgan fingerprint density at radius 1 is 1.12 bits per heavy atom. The Morgan fingerprint density at radius 2 is 1.75 bits per heavy atom. The van der Waals surface area contributed by atoms with Crippen molar-refractivity contribution in [3.63, 3.8) is 0 Å². The number of carbonyl (C=O) groups is 1. The largest absolute Gasteiger partial charge is 0.350 e. The van der Waals surface area contributed by atoms with E-state index in [1.165, 1.54) is 18.2 Å². The molecule has 5 heteroatoms. The third-order valence-corrected chi connectivity index (χ3v) is 4.76. The van der Waals surface area contributed by atoms with Crippen LogP contribution in [0.2, 0.25) is 0 Å². The van der Waals surface area contributed by atoms with Crippen molar-refractivity contribution in [2.45, 2.75) is 38.0 Å². The second-order valence-corrected chi connectivity index (χ2v) is 6.43. The summed E-state index contributed by atoms with van der Waals surface area (Å²) in [5.41, 5.74) is 0.477. The lowest BCUT2D eigenvalue weighted by molar-refractivity contribution is 0.0937. The zero-order valence-electron chi connectivity index (χ0n) is 13.6. The summed E-state index contributed by atoms with van der Waals surface area (Å²) in [6.45, 7) is 2.02. The highest BCUT2D eigenvalue weighted by atomic mass is 19.1. The van der Waals surface area contributed by atoms with Crippen LogP contribution in [0.15, 0.2) is 36.4 Å². The van der Waals surface area contributed by atoms with Crippen LogP contribution >= 0.6 is 0 Å². The van der Waals surface area contributed by atoms with E-state index in [9.17, 15) is 13.6 Å². The summed E-state index contributed by atoms with van der Waals surface area (Å²) in [7, 11) is 0. The van der Waals surface area contributed by atoms with Crippen molar-refractivity contribution in [2.24, 2.45) is 0 Å². The molecule has 0 unspecified atom stereocenters. The van der Waals surface area contributed by atoms with E-state index >= 15 is 0 Å². The van der Waals surface area contributed by atoms with Gasteiger partial charge in [-0.25, -0.2) is 13.8 Å². The lowest BCUT2D eigenvalue weighted by atomic mass is 9.78. The number of hydrogen-bond acceptors (Lipinski definition) is 2. The van der Waals surface area contributed by atoms with Gasteiger partial charge < -0.3 is 5.32 Å². The number of aryl methyl sites for hydroxylation is 1. The molecule has 1 N–H and O–H groups in total. The SMILES string of the molecule is Cc1cccc(C(=O)NCC2(c3c(F)cccc3F)CCCC2)n1. The lowest BCUT2D eigenvalue weighted by Crippen LogP contribution is -2.40. The number of amides is 1. The van der Waals surface area contributed by atoms with Crippen LogP contribution in [0.25, 0.3) is 0 Å². The maximum Gasteiger partial charge on any atom is 0.269 e. The van der Waals surface area contributed by atoms with E-state index in [4.69, 9.17) is 0 Å². The first-order valence-corrected chi connectivity index (χ1v) is 8.18. The normalized spacial score (nSPS) is 16.1. The Bertz CT molecular complexity index is 735. The second-order valence-electron chi connectivity index (χ2n) is 6.43. The first kappa shape index (κ1) is 16.6. The summed E-state index contributed by atoms with van der Waals surface area (Å²) in [6.07, 6.45) is 3.11. The molecule has 0 atom stereocenters. The molecule has 0 saturated heterocycles. The number of nitrogens with zero attached hydrogens (tertiary/aromatic N) is 1. The lowest BCUT2D eigenvalue weighted by Gasteiger charge is -2.30. The molecule has 2 aromatic rings. The highest BCUT2D eigenvalue weighted by molar-refractivity contribution is 5.92. The van der Waals surface area contributed by atoms with Crippen molar-refractivity contribution >= 4 is 5.91 Å². The minimum atomic E-state index is -0.686. The quantitative estimate of drug-likeness (QED) is 0.923. The van der Waals surface area contributed by atoms with Gasteiger partial charge in [-0.3, -0.25) is 4.79 Å². The maximum atomic E-state index is 14.3. The zero-order valence-corrected chi connectivity index (χ0v) is 13.6. The van der Waals surface area contributed by atoms with Gasteiger partial charge in [-0.2, -0.15) is 0 Å². The molecular weight excluding hydrogens is 310 g/mol. The van der Waals surface area contributed by atoms with Crippen LogP contribution in [0.3, 0.4) is 0 Å². The molecule has 1 saturated carbocycles. The van der Waals surface area contributed by atoms with Gasteiger partial charge in [0.25, 0.3) is 5.91 Å². The fourth-order valence-electron chi connectivity index (χ4n) is 3.58. The van der Waals surface area contributed by atoms with Gasteiger partial charge in [0.1, 0.15) is 17.3 Å². The van der Waals surface area contributed by atoms with Gasteiger partial charge in [0, 0.05) is 23.2 Å². The van der Waals surface area contributed by atoms with Crippen molar-refractivity contribution < 1.29 is 13.6 Å². The van der Waals surface area contributed by atoms with Crippen molar-refractivity contribution in [2.75, 3.05) is 6.54 Å². The monoisotopic (exact) mass is 330 g/mol. The second kappa shape index (κ2) is 6.67. The number of rotatable bonds is 4. The van der Waals surface area contributed by atoms with Crippen LogP contribution in [0.4, 0.5) is 8.78 Å². The van der Waals surface area contributed by atoms with Crippen molar-refractivity contribution in [3.8, 4) is 0 Å². The Hall–Kier alpha value is -2.30. The number of pyridine rings is 1. The molecule has 1 aliphatic carbocycles. The zero-order chi connectivity index (χ0) is 17.2. The fourth-order valence-corrected chi connectivity index (χ4v) is 3.58. The minimum Gasteiger partial charge on any atom is -0.350 e. The predicted octanol–water partition coefficient (Wildman–Crippen LogP) is 3.91. The summed E-state index contributed by atoms with van der Waals surface area (Å²) in [4.78, 5) is 16.5. The topological polar surface area (TPSA) is 42.0 Å². The molecule has 1 aliphatic rings. The smallest absolute Gasteiger partial charge is 0.269 e. The predicted molar refractivity (Wildman–Crippen MR) is 87.8 cm³/mol. The molecule has 3 nitrogen and oxygen atoms in total. The number of carbonyl (C=O) groups excluding carboxylic acids is 1. The molecule has 0 spiro atoms. The van der Waals surface area contributed by atoms with Crippen molar-refractivity contribution in [1.82, 2.24) is 10.3 Å². The van der Waals surface area contributed by atoms with Gasteiger partial charge in [0.2, 0.25) is 0 Å². The van der Waals surface area contributed by atoms with Gasteiger partial charge >= 0.3 is 0 Å². The number of benzene rings is 1. The van der Waals surface area contributed by atoms with Crippen LogP contribution in [0.1, 0.15) is 47.4 Å². The average molecular weight is 330 g/mol. The molecule has 1 amide bonds. The molecular formula is C19H20F2N2O. The Balaban J connectivity index is 1.84. The van der Waals surface area contributed by atoms with Crippen LogP contribution in [0, 0.1) is 18.6 Å². The van der Waals surface area contributed by atoms with E-state index in [2.05, 4.69) is 10.3 Å². The molecule has 1 aromatic carbocycles. The standard InChI is InChI=1S/C19H20F2N2O/c1-13-6-4-9-16(23-13)18(24)22-12-19(10-2-3-11-19)17-14(20)7-5-8-15(17)21/h4-9H,2-3,10-12H2,1H3,(H,22,24). The molecule has 126 valence electrons.